The summed E-state index contributed by atoms with van der Waals surface area (Å²) in [6.07, 6.45) is 4.77. The van der Waals surface area contributed by atoms with E-state index in [0.29, 0.717) is 5.92 Å². The highest BCUT2D eigenvalue weighted by molar-refractivity contribution is 5.72. The van der Waals surface area contributed by atoms with Crippen molar-refractivity contribution >= 4 is 5.82 Å². The van der Waals surface area contributed by atoms with E-state index in [2.05, 4.69) is 11.5 Å². The summed E-state index contributed by atoms with van der Waals surface area (Å²) in [7, 11) is 1.68. The number of rotatable bonds is 6. The van der Waals surface area contributed by atoms with Gasteiger partial charge < -0.3 is 15.0 Å². The third-order valence-corrected chi connectivity index (χ3v) is 4.06. The van der Waals surface area contributed by atoms with Gasteiger partial charge in [-0.25, -0.2) is 4.98 Å². The molecule has 0 bridgehead atoms. The Kier molecular flexibility index (Phi) is 3.86. The lowest BCUT2D eigenvalue weighted by molar-refractivity contribution is 0.415. The molecule has 0 saturated heterocycles. The van der Waals surface area contributed by atoms with E-state index in [4.69, 9.17) is 15.5 Å². The van der Waals surface area contributed by atoms with Crippen molar-refractivity contribution in [2.24, 2.45) is 0 Å². The summed E-state index contributed by atoms with van der Waals surface area (Å²) in [6.45, 7) is 3.16. The van der Waals surface area contributed by atoms with Crippen LogP contribution < -0.4 is 10.5 Å². The number of nitrogens with two attached hydrogens (primary N) is 1. The molecule has 1 aliphatic rings. The topological polar surface area (TPSA) is 53.1 Å². The number of nitrogens with zero attached hydrogens (tertiary/aromatic N) is 2. The minimum atomic E-state index is 0.600. The first-order valence-electron chi connectivity index (χ1n) is 7.75. The maximum atomic E-state index is 6.39. The number of imidazole rings is 1. The molecule has 1 fully saturated rings. The normalized spacial score (nSPS) is 14.4. The van der Waals surface area contributed by atoms with Crippen LogP contribution in [0.25, 0.3) is 11.3 Å². The van der Waals surface area contributed by atoms with Gasteiger partial charge >= 0.3 is 0 Å². The van der Waals surface area contributed by atoms with Crippen LogP contribution in [0.4, 0.5) is 5.82 Å². The molecule has 1 aromatic heterocycles. The Morgan fingerprint density at radius 3 is 2.86 bits per heavy atom. The number of nitrogen functional groups attached to an aromatic ring is 1. The standard InChI is InChI=1S/C17H23N3O/c1-3-4-10-20-16(18)15(19-17(20)12-8-9-12)13-6-5-7-14(11-13)21-2/h5-7,11-12H,3-4,8-10,18H2,1-2H3. The number of aromatic nitrogens is 2. The molecule has 0 aliphatic heterocycles. The van der Waals surface area contributed by atoms with Gasteiger partial charge in [0, 0.05) is 18.0 Å². The van der Waals surface area contributed by atoms with E-state index in [1.165, 1.54) is 18.7 Å². The number of anilines is 1. The second kappa shape index (κ2) is 5.80. The molecule has 2 aromatic rings. The highest BCUT2D eigenvalue weighted by Crippen LogP contribution is 2.42. The van der Waals surface area contributed by atoms with Gasteiger partial charge in [0.15, 0.2) is 0 Å². The van der Waals surface area contributed by atoms with Crippen molar-refractivity contribution in [1.82, 2.24) is 9.55 Å². The van der Waals surface area contributed by atoms with Crippen LogP contribution in [0.2, 0.25) is 0 Å². The van der Waals surface area contributed by atoms with Crippen molar-refractivity contribution < 1.29 is 4.74 Å². The van der Waals surface area contributed by atoms with Crippen molar-refractivity contribution in [2.45, 2.75) is 45.1 Å². The number of ether oxygens (including phenoxy) is 1. The Labute approximate surface area is 125 Å². The van der Waals surface area contributed by atoms with Crippen LogP contribution >= 0.6 is 0 Å². The largest absolute Gasteiger partial charge is 0.497 e. The highest BCUT2D eigenvalue weighted by atomic mass is 16.5. The molecule has 21 heavy (non-hydrogen) atoms. The van der Waals surface area contributed by atoms with Crippen molar-refractivity contribution in [3.8, 4) is 17.0 Å². The van der Waals surface area contributed by atoms with Crippen LogP contribution in [0.5, 0.6) is 5.75 Å². The smallest absolute Gasteiger partial charge is 0.131 e. The van der Waals surface area contributed by atoms with Crippen molar-refractivity contribution in [3.05, 3.63) is 30.1 Å². The number of benzene rings is 1. The first-order valence-corrected chi connectivity index (χ1v) is 7.75. The molecule has 1 saturated carbocycles. The molecule has 1 aliphatic carbocycles. The highest BCUT2D eigenvalue weighted by Gasteiger charge is 2.30. The molecule has 0 atom stereocenters. The van der Waals surface area contributed by atoms with Crippen LogP contribution in [-0.2, 0) is 6.54 Å². The van der Waals surface area contributed by atoms with Crippen molar-refractivity contribution in [1.29, 1.82) is 0 Å². The van der Waals surface area contributed by atoms with E-state index in [1.807, 2.05) is 24.3 Å². The third kappa shape index (κ3) is 2.75. The summed E-state index contributed by atoms with van der Waals surface area (Å²) in [6, 6.07) is 7.96. The zero-order valence-corrected chi connectivity index (χ0v) is 12.8. The maximum absolute atomic E-state index is 6.39. The van der Waals surface area contributed by atoms with E-state index in [0.717, 1.165) is 42.2 Å². The zero-order chi connectivity index (χ0) is 14.8. The second-order valence-electron chi connectivity index (χ2n) is 5.72. The molecule has 112 valence electrons. The van der Waals surface area contributed by atoms with Gasteiger partial charge in [0.05, 0.1) is 7.11 Å². The second-order valence-corrected chi connectivity index (χ2v) is 5.72. The molecule has 2 N–H and O–H groups in total. The lowest BCUT2D eigenvalue weighted by Gasteiger charge is -2.08. The Morgan fingerprint density at radius 2 is 2.19 bits per heavy atom. The fraction of sp³-hybridized carbons (Fsp3) is 0.471. The summed E-state index contributed by atoms with van der Waals surface area (Å²) in [4.78, 5) is 4.85. The van der Waals surface area contributed by atoms with Gasteiger partial charge in [0.25, 0.3) is 0 Å². The van der Waals surface area contributed by atoms with E-state index in [9.17, 15) is 0 Å². The summed E-state index contributed by atoms with van der Waals surface area (Å²) in [5.41, 5.74) is 8.32. The number of methoxy groups -OCH3 is 1. The molecule has 0 amide bonds. The van der Waals surface area contributed by atoms with Gasteiger partial charge in [-0.05, 0) is 31.4 Å². The number of unbranched alkanes of at least 4 members (excludes halogenated alkanes) is 1. The molecule has 0 radical (unpaired) electrons. The van der Waals surface area contributed by atoms with Crippen LogP contribution in [-0.4, -0.2) is 16.7 Å². The van der Waals surface area contributed by atoms with Crippen LogP contribution in [0.3, 0.4) is 0 Å². The van der Waals surface area contributed by atoms with E-state index in [-0.39, 0.29) is 0 Å². The molecule has 4 nitrogen and oxygen atoms in total. The van der Waals surface area contributed by atoms with Crippen LogP contribution in [0, 0.1) is 0 Å². The van der Waals surface area contributed by atoms with Crippen LogP contribution in [0.15, 0.2) is 24.3 Å². The van der Waals surface area contributed by atoms with Gasteiger partial charge in [-0.3, -0.25) is 0 Å². The first kappa shape index (κ1) is 14.0. The van der Waals surface area contributed by atoms with Crippen LogP contribution in [0.1, 0.15) is 44.3 Å². The SMILES string of the molecule is CCCCn1c(C2CC2)nc(-c2cccc(OC)c2)c1N. The predicted molar refractivity (Wildman–Crippen MR) is 85.5 cm³/mol. The molecule has 3 rings (SSSR count). The Bertz CT molecular complexity index is 629. The fourth-order valence-electron chi connectivity index (χ4n) is 2.67. The first-order chi connectivity index (χ1) is 10.2. The summed E-state index contributed by atoms with van der Waals surface area (Å²) >= 11 is 0. The van der Waals surface area contributed by atoms with Gasteiger partial charge in [-0.1, -0.05) is 25.5 Å². The van der Waals surface area contributed by atoms with E-state index in [1.54, 1.807) is 7.11 Å². The van der Waals surface area contributed by atoms with Gasteiger partial charge in [-0.2, -0.15) is 0 Å². The molecule has 0 spiro atoms. The molecule has 1 aromatic carbocycles. The Hall–Kier alpha value is -1.97. The average Bonchev–Trinajstić information content (AvgIpc) is 3.30. The quantitative estimate of drug-likeness (QED) is 0.878. The molecule has 1 heterocycles. The molecular formula is C17H23N3O. The number of hydrogen-bond donors (Lipinski definition) is 1. The predicted octanol–water partition coefficient (Wildman–Crippen LogP) is 3.82. The molecule has 0 unspecified atom stereocenters. The third-order valence-electron chi connectivity index (χ3n) is 4.06. The maximum Gasteiger partial charge on any atom is 0.131 e. The molecular weight excluding hydrogens is 262 g/mol. The Morgan fingerprint density at radius 1 is 1.38 bits per heavy atom. The van der Waals surface area contributed by atoms with E-state index >= 15 is 0 Å². The fourth-order valence-corrected chi connectivity index (χ4v) is 2.67. The molecule has 4 heteroatoms. The summed E-state index contributed by atoms with van der Waals surface area (Å²) in [5.74, 6) is 3.39. The lowest BCUT2D eigenvalue weighted by atomic mass is 10.1. The monoisotopic (exact) mass is 285 g/mol. The van der Waals surface area contributed by atoms with E-state index < -0.39 is 0 Å². The van der Waals surface area contributed by atoms with Gasteiger partial charge in [0.2, 0.25) is 0 Å². The summed E-state index contributed by atoms with van der Waals surface area (Å²) < 4.78 is 7.52. The number of hydrogen-bond acceptors (Lipinski definition) is 3. The lowest BCUT2D eigenvalue weighted by Crippen LogP contribution is -2.06. The van der Waals surface area contributed by atoms with Crippen molar-refractivity contribution in [3.63, 3.8) is 0 Å². The van der Waals surface area contributed by atoms with Gasteiger partial charge in [0.1, 0.15) is 23.1 Å². The zero-order valence-electron chi connectivity index (χ0n) is 12.8. The minimum absolute atomic E-state index is 0.600. The minimum Gasteiger partial charge on any atom is -0.497 e. The van der Waals surface area contributed by atoms with Gasteiger partial charge in [-0.15, -0.1) is 0 Å². The van der Waals surface area contributed by atoms with Crippen molar-refractivity contribution in [2.75, 3.05) is 12.8 Å². The average molecular weight is 285 g/mol. The summed E-state index contributed by atoms with van der Waals surface area (Å²) in [5, 5.41) is 0. The Balaban J connectivity index is 2.01.